The largest absolute Gasteiger partial charge is 0.334 e. The molecule has 0 radical (unpaired) electrons. The average molecular weight is 1200 g/mol. The second kappa shape index (κ2) is 17.9. The Morgan fingerprint density at radius 2 is 0.780 bits per heavy atom. The van der Waals surface area contributed by atoms with E-state index in [9.17, 15) is 0 Å². The highest BCUT2D eigenvalue weighted by molar-refractivity contribution is 7.00. The molecule has 0 bridgehead atoms. The van der Waals surface area contributed by atoms with Gasteiger partial charge in [0.05, 0.1) is 5.54 Å². The van der Waals surface area contributed by atoms with E-state index in [0.717, 1.165) is 19.3 Å². The van der Waals surface area contributed by atoms with E-state index in [2.05, 4.69) is 300 Å². The fraction of sp³-hybridized carbons (Fsp3) is 0.448. The van der Waals surface area contributed by atoms with E-state index < -0.39 is 0 Å². The number of fused-ring (bicyclic) bond motifs is 13. The molecule has 1 fully saturated rings. The molecule has 0 amide bonds. The summed E-state index contributed by atoms with van der Waals surface area (Å²) in [5.74, 6) is 0. The van der Waals surface area contributed by atoms with Gasteiger partial charge in [-0.05, 0) is 215 Å². The second-order valence-corrected chi connectivity index (χ2v) is 36.4. The molecule has 8 aromatic rings. The highest BCUT2D eigenvalue weighted by Crippen LogP contribution is 2.64. The van der Waals surface area contributed by atoms with Crippen LogP contribution in [-0.4, -0.2) is 12.3 Å². The maximum Gasteiger partial charge on any atom is 0.252 e. The van der Waals surface area contributed by atoms with Gasteiger partial charge in [-0.2, -0.15) is 0 Å². The quantitative estimate of drug-likeness (QED) is 0.163. The Labute approximate surface area is 547 Å². The van der Waals surface area contributed by atoms with Crippen molar-refractivity contribution in [3.05, 3.63) is 217 Å². The standard InChI is InChI=1S/C87H100BN3/c1-51-39-64-66(85(19,20)58-32-26-25-31-57(58)83(64,15)16)48-71(51)90-73-47-63-61(79(7,8)50-81(63,11)12)45-69(73)88-68-44-60-62(80(9,10)49-78(60,5)6)46-72(68)89(53-34-35-59-65(41-53)84(17,18)56-30-24-23-29-55(56)82(59,13)14)74-42-54(43-75(90)76(74)88)91-70-36-33-52(77(2,3)4)40-67(70)86(21)37-27-28-38-87(86,91)22/h23-26,29-36,39-48H,27-28,37-38,49-50H2,1-22H3. The summed E-state index contributed by atoms with van der Waals surface area (Å²) >= 11 is 0. The number of hydrogen-bond acceptors (Lipinski definition) is 3. The third kappa shape index (κ3) is 7.58. The third-order valence-corrected chi connectivity index (χ3v) is 26.3. The number of nitrogens with zero attached hydrogens (tertiary/aromatic N) is 3. The maximum absolute atomic E-state index is 2.90. The van der Waals surface area contributed by atoms with Gasteiger partial charge in [0, 0.05) is 72.6 Å². The van der Waals surface area contributed by atoms with E-state index in [1.165, 1.54) is 165 Å². The van der Waals surface area contributed by atoms with Crippen LogP contribution in [0.5, 0.6) is 0 Å². The minimum atomic E-state index is -0.243. The normalized spacial score (nSPS) is 24.2. The van der Waals surface area contributed by atoms with Gasteiger partial charge in [-0.1, -0.05) is 236 Å². The van der Waals surface area contributed by atoms with Crippen LogP contribution >= 0.6 is 0 Å². The minimum Gasteiger partial charge on any atom is -0.334 e. The fourth-order valence-corrected chi connectivity index (χ4v) is 21.6. The second-order valence-electron chi connectivity index (χ2n) is 36.4. The topological polar surface area (TPSA) is 9.72 Å². The van der Waals surface area contributed by atoms with Crippen LogP contribution in [0, 0.1) is 6.92 Å². The monoisotopic (exact) mass is 1200 g/mol. The highest BCUT2D eigenvalue weighted by Gasteiger charge is 2.59. The molecule has 3 heterocycles. The lowest BCUT2D eigenvalue weighted by Gasteiger charge is -2.51. The van der Waals surface area contributed by atoms with Gasteiger partial charge in [0.2, 0.25) is 0 Å². The molecule has 91 heavy (non-hydrogen) atoms. The summed E-state index contributed by atoms with van der Waals surface area (Å²) in [7, 11) is 0. The molecule has 2 atom stereocenters. The average Bonchev–Trinajstić information content (AvgIpc) is 1.67. The molecule has 8 aromatic carbocycles. The predicted octanol–water partition coefficient (Wildman–Crippen LogP) is 21.0. The van der Waals surface area contributed by atoms with E-state index >= 15 is 0 Å². The third-order valence-electron chi connectivity index (χ3n) is 26.3. The van der Waals surface area contributed by atoms with Gasteiger partial charge in [-0.25, -0.2) is 0 Å². The van der Waals surface area contributed by atoms with Gasteiger partial charge in [-0.15, -0.1) is 0 Å². The molecule has 16 rings (SSSR count). The van der Waals surface area contributed by atoms with Crippen molar-refractivity contribution in [3.63, 3.8) is 0 Å². The lowest BCUT2D eigenvalue weighted by Crippen LogP contribution is -2.62. The minimum absolute atomic E-state index is 0.00844. The zero-order valence-corrected chi connectivity index (χ0v) is 59.4. The number of hydrogen-bond donors (Lipinski definition) is 0. The van der Waals surface area contributed by atoms with Crippen molar-refractivity contribution in [2.24, 2.45) is 0 Å². The summed E-state index contributed by atoms with van der Waals surface area (Å²) in [6.45, 7) is 54.9. The van der Waals surface area contributed by atoms with Crippen LogP contribution in [0.15, 0.2) is 133 Å². The molecule has 3 aliphatic heterocycles. The smallest absolute Gasteiger partial charge is 0.252 e. The zero-order chi connectivity index (χ0) is 64.6. The highest BCUT2D eigenvalue weighted by atomic mass is 15.3. The van der Waals surface area contributed by atoms with Crippen molar-refractivity contribution in [2.45, 2.75) is 251 Å². The maximum atomic E-state index is 2.90. The van der Waals surface area contributed by atoms with Gasteiger partial charge in [0.15, 0.2) is 0 Å². The number of anilines is 8. The molecule has 0 saturated heterocycles. The van der Waals surface area contributed by atoms with Crippen molar-refractivity contribution in [2.75, 3.05) is 14.7 Å². The Morgan fingerprint density at radius 1 is 0.352 bits per heavy atom. The van der Waals surface area contributed by atoms with E-state index in [1.54, 1.807) is 0 Å². The van der Waals surface area contributed by atoms with Crippen molar-refractivity contribution in [1.29, 1.82) is 0 Å². The van der Waals surface area contributed by atoms with Crippen LogP contribution in [0.4, 0.5) is 45.5 Å². The van der Waals surface area contributed by atoms with Crippen LogP contribution in [-0.2, 0) is 54.1 Å². The Kier molecular flexibility index (Phi) is 11.7. The van der Waals surface area contributed by atoms with Crippen molar-refractivity contribution in [3.8, 4) is 0 Å². The van der Waals surface area contributed by atoms with Gasteiger partial charge in [0.1, 0.15) is 0 Å². The lowest BCUT2D eigenvalue weighted by atomic mass is 9.33. The van der Waals surface area contributed by atoms with E-state index in [0.29, 0.717) is 0 Å². The summed E-state index contributed by atoms with van der Waals surface area (Å²) < 4.78 is 0. The first-order valence-corrected chi connectivity index (χ1v) is 35.0. The molecule has 2 unspecified atom stereocenters. The van der Waals surface area contributed by atoms with E-state index in [-0.39, 0.29) is 66.4 Å². The molecule has 0 spiro atoms. The molecular weight excluding hydrogens is 1100 g/mol. The zero-order valence-electron chi connectivity index (χ0n) is 59.4. The molecule has 1 saturated carbocycles. The lowest BCUT2D eigenvalue weighted by molar-refractivity contribution is 0.195. The predicted molar refractivity (Wildman–Crippen MR) is 389 cm³/mol. The van der Waals surface area contributed by atoms with E-state index in [4.69, 9.17) is 0 Å². The molecule has 0 N–H and O–H groups in total. The fourth-order valence-electron chi connectivity index (χ4n) is 21.6. The molecule has 466 valence electrons. The summed E-state index contributed by atoms with van der Waals surface area (Å²) in [5, 5.41) is 0. The van der Waals surface area contributed by atoms with Crippen LogP contribution in [0.1, 0.15) is 267 Å². The first-order valence-electron chi connectivity index (χ1n) is 35.0. The number of rotatable bonds is 3. The SMILES string of the molecule is Cc1cc2c(cc1N1c3cc4c(cc3B3c5cc6c(cc5N(c5ccc7c(c5)C(C)(C)c5ccccc5C7(C)C)c5cc(N7c8ccc(C(C)(C)C)cc8C8(C)CCCCC78C)cc1c53)C(C)(C)CC6(C)C)C(C)(C)CC4(C)C)C(C)(C)c1ccccc1C2(C)C. The van der Waals surface area contributed by atoms with Crippen molar-refractivity contribution >= 4 is 68.6 Å². The first-order chi connectivity index (χ1) is 42.4. The van der Waals surface area contributed by atoms with Gasteiger partial charge in [0.25, 0.3) is 6.71 Å². The van der Waals surface area contributed by atoms with Crippen molar-refractivity contribution in [1.82, 2.24) is 0 Å². The molecule has 5 aliphatic carbocycles. The van der Waals surface area contributed by atoms with Crippen LogP contribution < -0.4 is 31.1 Å². The van der Waals surface area contributed by atoms with Crippen molar-refractivity contribution < 1.29 is 0 Å². The van der Waals surface area contributed by atoms with Crippen LogP contribution in [0.25, 0.3) is 0 Å². The van der Waals surface area contributed by atoms with Gasteiger partial charge in [-0.3, -0.25) is 0 Å². The molecular formula is C87H100BN3. The Balaban J connectivity index is 1.07. The van der Waals surface area contributed by atoms with Gasteiger partial charge >= 0.3 is 0 Å². The summed E-state index contributed by atoms with van der Waals surface area (Å²) in [5.41, 5.74) is 35.3. The number of benzene rings is 8. The van der Waals surface area contributed by atoms with Crippen LogP contribution in [0.3, 0.4) is 0 Å². The summed E-state index contributed by atoms with van der Waals surface area (Å²) in [6, 6.07) is 55.7. The Bertz CT molecular complexity index is 4540. The summed E-state index contributed by atoms with van der Waals surface area (Å²) in [4.78, 5) is 8.56. The van der Waals surface area contributed by atoms with E-state index in [1.807, 2.05) is 0 Å². The Hall–Kier alpha value is -6.78. The van der Waals surface area contributed by atoms with Gasteiger partial charge < -0.3 is 14.7 Å². The number of aryl methyl sites for hydroxylation is 1. The molecule has 8 aliphatic rings. The Morgan fingerprint density at radius 3 is 1.30 bits per heavy atom. The van der Waals surface area contributed by atoms with Crippen LogP contribution in [0.2, 0.25) is 0 Å². The molecule has 0 aromatic heterocycles. The summed E-state index contributed by atoms with van der Waals surface area (Å²) in [6.07, 6.45) is 6.95. The first kappa shape index (κ1) is 59.3. The molecule has 3 nitrogen and oxygen atoms in total. The molecule has 4 heteroatoms.